The highest BCUT2D eigenvalue weighted by atomic mass is 16.2. The number of carbonyl (C=O) groups is 2. The Bertz CT molecular complexity index is 894. The summed E-state index contributed by atoms with van der Waals surface area (Å²) < 4.78 is 0. The van der Waals surface area contributed by atoms with Gasteiger partial charge in [0.2, 0.25) is 11.8 Å². The first-order valence-electron chi connectivity index (χ1n) is 11.8. The summed E-state index contributed by atoms with van der Waals surface area (Å²) in [5, 5.41) is 2.99. The first kappa shape index (κ1) is 25.6. The summed E-state index contributed by atoms with van der Waals surface area (Å²) in [7, 11) is 0. The molecule has 0 aliphatic heterocycles. The molecular formula is C28H40N2O2. The van der Waals surface area contributed by atoms with E-state index in [9.17, 15) is 9.59 Å². The van der Waals surface area contributed by atoms with Crippen LogP contribution in [0.4, 0.5) is 0 Å². The zero-order valence-electron chi connectivity index (χ0n) is 20.9. The summed E-state index contributed by atoms with van der Waals surface area (Å²) >= 11 is 0. The van der Waals surface area contributed by atoms with Crippen LogP contribution in [-0.2, 0) is 28.0 Å². The molecule has 0 aliphatic rings. The van der Waals surface area contributed by atoms with E-state index in [4.69, 9.17) is 0 Å². The smallest absolute Gasteiger partial charge is 0.243 e. The number of amides is 2. The van der Waals surface area contributed by atoms with Crippen LogP contribution >= 0.6 is 0 Å². The van der Waals surface area contributed by atoms with Crippen LogP contribution in [0.1, 0.15) is 76.6 Å². The van der Waals surface area contributed by atoms with Gasteiger partial charge in [-0.1, -0.05) is 76.2 Å². The van der Waals surface area contributed by atoms with Gasteiger partial charge in [-0.15, -0.1) is 0 Å². The van der Waals surface area contributed by atoms with E-state index in [1.54, 1.807) is 4.90 Å². The van der Waals surface area contributed by atoms with E-state index in [1.165, 1.54) is 5.56 Å². The lowest BCUT2D eigenvalue weighted by Gasteiger charge is -2.31. The van der Waals surface area contributed by atoms with Gasteiger partial charge in [0, 0.05) is 19.0 Å². The van der Waals surface area contributed by atoms with E-state index >= 15 is 0 Å². The van der Waals surface area contributed by atoms with Crippen molar-refractivity contribution in [2.75, 3.05) is 0 Å². The van der Waals surface area contributed by atoms with Crippen molar-refractivity contribution in [2.45, 2.75) is 91.8 Å². The number of benzene rings is 2. The number of nitrogens with zero attached hydrogens (tertiary/aromatic N) is 1. The van der Waals surface area contributed by atoms with Crippen molar-refractivity contribution in [1.29, 1.82) is 0 Å². The topological polar surface area (TPSA) is 49.4 Å². The number of nitrogens with one attached hydrogen (secondary N) is 1. The van der Waals surface area contributed by atoms with Crippen molar-refractivity contribution in [3.05, 3.63) is 70.8 Å². The molecule has 1 atom stereocenters. The fourth-order valence-corrected chi connectivity index (χ4v) is 3.84. The van der Waals surface area contributed by atoms with Crippen LogP contribution in [0.25, 0.3) is 0 Å². The minimum absolute atomic E-state index is 0.0129. The van der Waals surface area contributed by atoms with Crippen LogP contribution in [0.15, 0.2) is 48.5 Å². The van der Waals surface area contributed by atoms with Gasteiger partial charge >= 0.3 is 0 Å². The predicted molar refractivity (Wildman–Crippen MR) is 133 cm³/mol. The van der Waals surface area contributed by atoms with Gasteiger partial charge < -0.3 is 10.2 Å². The molecule has 2 aromatic carbocycles. The van der Waals surface area contributed by atoms with Gasteiger partial charge in [-0.3, -0.25) is 9.59 Å². The molecule has 0 unspecified atom stereocenters. The van der Waals surface area contributed by atoms with E-state index in [-0.39, 0.29) is 23.3 Å². The summed E-state index contributed by atoms with van der Waals surface area (Å²) in [6.07, 6.45) is 1.62. The first-order valence-corrected chi connectivity index (χ1v) is 11.8. The fraction of sp³-hybridized carbons (Fsp3) is 0.500. The van der Waals surface area contributed by atoms with Crippen LogP contribution in [0, 0.1) is 6.92 Å². The van der Waals surface area contributed by atoms with Gasteiger partial charge in [-0.2, -0.15) is 0 Å². The van der Waals surface area contributed by atoms with Crippen LogP contribution in [0.3, 0.4) is 0 Å². The standard InChI is InChI=1S/C28H40N2O2/c1-8-25(27(32)29-20(2)3)30(19-23-12-10-9-11-21(23)4)26(31)18-15-22-13-16-24(17-14-22)28(5,6)7/h9-14,16-17,20,25H,8,15,18-19H2,1-7H3,(H,29,32)/t25-/m1/s1. The van der Waals surface area contributed by atoms with Gasteiger partial charge in [-0.05, 0) is 61.3 Å². The molecule has 2 aromatic rings. The number of hydrogen-bond donors (Lipinski definition) is 1. The van der Waals surface area contributed by atoms with Gasteiger partial charge in [-0.25, -0.2) is 0 Å². The molecule has 0 saturated carbocycles. The molecule has 0 saturated heterocycles. The van der Waals surface area contributed by atoms with Gasteiger partial charge in [0.05, 0.1) is 0 Å². The summed E-state index contributed by atoms with van der Waals surface area (Å²) in [5.74, 6) is -0.0714. The lowest BCUT2D eigenvalue weighted by molar-refractivity contribution is -0.141. The molecule has 0 spiro atoms. The Kier molecular flexibility index (Phi) is 9.06. The molecule has 32 heavy (non-hydrogen) atoms. The third kappa shape index (κ3) is 7.22. The largest absolute Gasteiger partial charge is 0.352 e. The average molecular weight is 437 g/mol. The lowest BCUT2D eigenvalue weighted by Crippen LogP contribution is -2.50. The average Bonchev–Trinajstić information content (AvgIpc) is 2.72. The van der Waals surface area contributed by atoms with Crippen molar-refractivity contribution in [2.24, 2.45) is 0 Å². The minimum Gasteiger partial charge on any atom is -0.352 e. The highest BCUT2D eigenvalue weighted by Crippen LogP contribution is 2.23. The van der Waals surface area contributed by atoms with Crippen LogP contribution in [-0.4, -0.2) is 28.8 Å². The molecule has 0 bridgehead atoms. The zero-order chi connectivity index (χ0) is 23.9. The fourth-order valence-electron chi connectivity index (χ4n) is 3.84. The monoisotopic (exact) mass is 436 g/mol. The zero-order valence-corrected chi connectivity index (χ0v) is 20.9. The number of hydrogen-bond acceptors (Lipinski definition) is 2. The molecule has 0 fully saturated rings. The number of rotatable bonds is 9. The molecule has 4 heteroatoms. The molecule has 0 aliphatic carbocycles. The SMILES string of the molecule is CC[C@H](C(=O)NC(C)C)N(Cc1ccccc1C)C(=O)CCc1ccc(C(C)(C)C)cc1. The Balaban J connectivity index is 2.20. The molecule has 0 heterocycles. The van der Waals surface area contributed by atoms with Gasteiger partial charge in [0.15, 0.2) is 0 Å². The van der Waals surface area contributed by atoms with E-state index in [2.05, 4.69) is 50.4 Å². The summed E-state index contributed by atoms with van der Waals surface area (Å²) in [6.45, 7) is 14.9. The second-order valence-corrected chi connectivity index (χ2v) is 9.98. The normalized spacial score (nSPS) is 12.5. The summed E-state index contributed by atoms with van der Waals surface area (Å²) in [4.78, 5) is 28.1. The van der Waals surface area contributed by atoms with Crippen LogP contribution in [0.5, 0.6) is 0 Å². The van der Waals surface area contributed by atoms with Crippen molar-refractivity contribution in [3.63, 3.8) is 0 Å². The Morgan fingerprint density at radius 3 is 2.16 bits per heavy atom. The highest BCUT2D eigenvalue weighted by molar-refractivity contribution is 5.87. The van der Waals surface area contributed by atoms with Crippen molar-refractivity contribution < 1.29 is 9.59 Å². The quantitative estimate of drug-likeness (QED) is 0.560. The number of carbonyl (C=O) groups excluding carboxylic acids is 2. The molecular weight excluding hydrogens is 396 g/mol. The van der Waals surface area contributed by atoms with Crippen molar-refractivity contribution in [1.82, 2.24) is 10.2 Å². The molecule has 2 rings (SSSR count). The molecule has 0 aromatic heterocycles. The minimum atomic E-state index is -0.479. The van der Waals surface area contributed by atoms with E-state index in [0.717, 1.165) is 16.7 Å². The van der Waals surface area contributed by atoms with Gasteiger partial charge in [0.25, 0.3) is 0 Å². The van der Waals surface area contributed by atoms with Crippen molar-refractivity contribution in [3.8, 4) is 0 Å². The molecule has 4 nitrogen and oxygen atoms in total. The van der Waals surface area contributed by atoms with E-state index in [1.807, 2.05) is 52.0 Å². The lowest BCUT2D eigenvalue weighted by atomic mass is 9.86. The van der Waals surface area contributed by atoms with Crippen molar-refractivity contribution >= 4 is 11.8 Å². The molecule has 0 radical (unpaired) electrons. The highest BCUT2D eigenvalue weighted by Gasteiger charge is 2.29. The molecule has 1 N–H and O–H groups in total. The Hall–Kier alpha value is -2.62. The maximum Gasteiger partial charge on any atom is 0.243 e. The van der Waals surface area contributed by atoms with Gasteiger partial charge in [0.1, 0.15) is 6.04 Å². The van der Waals surface area contributed by atoms with E-state index in [0.29, 0.717) is 25.8 Å². The Labute approximate surface area is 194 Å². The maximum atomic E-state index is 13.4. The number of aryl methyl sites for hydroxylation is 2. The first-order chi connectivity index (χ1) is 15.0. The van der Waals surface area contributed by atoms with Crippen LogP contribution < -0.4 is 5.32 Å². The third-order valence-corrected chi connectivity index (χ3v) is 5.87. The van der Waals surface area contributed by atoms with E-state index < -0.39 is 6.04 Å². The summed E-state index contributed by atoms with van der Waals surface area (Å²) in [6, 6.07) is 16.1. The Morgan fingerprint density at radius 2 is 1.62 bits per heavy atom. The summed E-state index contributed by atoms with van der Waals surface area (Å²) in [5.41, 5.74) is 4.73. The van der Waals surface area contributed by atoms with Crippen LogP contribution in [0.2, 0.25) is 0 Å². The molecule has 174 valence electrons. The second kappa shape index (κ2) is 11.3. The second-order valence-electron chi connectivity index (χ2n) is 9.98. The maximum absolute atomic E-state index is 13.4. The molecule has 2 amide bonds. The predicted octanol–water partition coefficient (Wildman–Crippen LogP) is 5.56. The third-order valence-electron chi connectivity index (χ3n) is 5.87. The Morgan fingerprint density at radius 1 is 1.00 bits per heavy atom.